The molecule has 3 fully saturated rings. The van der Waals surface area contributed by atoms with E-state index >= 15 is 0 Å². The second kappa shape index (κ2) is 39.2. The predicted molar refractivity (Wildman–Crippen MR) is 273 cm³/mol. The molecule has 19 nitrogen and oxygen atoms in total. The molecule has 17 atom stereocenters. The third-order valence-corrected chi connectivity index (χ3v) is 14.9. The first kappa shape index (κ1) is 66.1. The molecule has 19 heteroatoms. The van der Waals surface area contributed by atoms with Crippen LogP contribution in [0.3, 0.4) is 0 Å². The summed E-state index contributed by atoms with van der Waals surface area (Å²) in [7, 11) is 0. The van der Waals surface area contributed by atoms with Crippen LogP contribution in [0.25, 0.3) is 0 Å². The molecule has 12 N–H and O–H groups in total. The van der Waals surface area contributed by atoms with Crippen LogP contribution in [-0.4, -0.2) is 193 Å². The van der Waals surface area contributed by atoms with Gasteiger partial charge in [-0.25, -0.2) is 0 Å². The molecule has 17 unspecified atom stereocenters. The summed E-state index contributed by atoms with van der Waals surface area (Å²) in [5.41, 5.74) is 0. The van der Waals surface area contributed by atoms with Crippen molar-refractivity contribution in [1.29, 1.82) is 0 Å². The second-order valence-electron chi connectivity index (χ2n) is 21.1. The van der Waals surface area contributed by atoms with Crippen molar-refractivity contribution in [3.63, 3.8) is 0 Å². The van der Waals surface area contributed by atoms with Gasteiger partial charge in [0.05, 0.1) is 38.6 Å². The van der Waals surface area contributed by atoms with E-state index in [0.29, 0.717) is 12.8 Å². The fourth-order valence-corrected chi connectivity index (χ4v) is 10.1. The van der Waals surface area contributed by atoms with Gasteiger partial charge in [-0.15, -0.1) is 0 Å². The summed E-state index contributed by atoms with van der Waals surface area (Å²) in [6, 6.07) is -0.877. The second-order valence-corrected chi connectivity index (χ2v) is 21.1. The molecule has 0 spiro atoms. The van der Waals surface area contributed by atoms with Crippen LogP contribution in [0.1, 0.15) is 206 Å². The van der Waals surface area contributed by atoms with Crippen molar-refractivity contribution in [2.45, 2.75) is 311 Å². The van der Waals surface area contributed by atoms with Crippen LogP contribution in [0.2, 0.25) is 0 Å². The average molecular weight is 1050 g/mol. The number of hydrogen-bond acceptors (Lipinski definition) is 18. The number of aliphatic hydroxyl groups is 11. The first-order valence-corrected chi connectivity index (χ1v) is 28.8. The number of carbonyl (C=O) groups excluding carboxylic acids is 1. The minimum absolute atomic E-state index is 0.245. The number of nitrogens with one attached hydrogen (secondary N) is 1. The molecule has 3 rings (SSSR count). The molecule has 73 heavy (non-hydrogen) atoms. The zero-order chi connectivity index (χ0) is 53.4. The maximum absolute atomic E-state index is 13.2. The van der Waals surface area contributed by atoms with Gasteiger partial charge in [0.25, 0.3) is 0 Å². The quantitative estimate of drug-likeness (QED) is 0.0384. The Morgan fingerprint density at radius 2 is 0.781 bits per heavy atom. The molecule has 432 valence electrons. The lowest BCUT2D eigenvalue weighted by atomic mass is 9.96. The molecule has 1 amide bonds. The Morgan fingerprint density at radius 1 is 0.438 bits per heavy atom. The van der Waals surface area contributed by atoms with Gasteiger partial charge >= 0.3 is 0 Å². The third kappa shape index (κ3) is 24.1. The summed E-state index contributed by atoms with van der Waals surface area (Å²) in [6.45, 7) is 1.72. The molecule has 3 aliphatic heterocycles. The Morgan fingerprint density at radius 3 is 1.19 bits per heavy atom. The number of hydrogen-bond donors (Lipinski definition) is 12. The molecular weight excluding hydrogens is 951 g/mol. The molecule has 3 heterocycles. The highest BCUT2D eigenvalue weighted by molar-refractivity contribution is 5.76. The highest BCUT2D eigenvalue weighted by Crippen LogP contribution is 2.33. The highest BCUT2D eigenvalue weighted by atomic mass is 16.8. The molecule has 0 aliphatic carbocycles. The Labute approximate surface area is 436 Å². The van der Waals surface area contributed by atoms with Gasteiger partial charge in [-0.1, -0.05) is 187 Å². The molecule has 0 aromatic heterocycles. The molecule has 0 aromatic rings. The lowest BCUT2D eigenvalue weighted by molar-refractivity contribution is -0.379. The topological polar surface area (TPSA) is 307 Å². The fraction of sp³-hybridized carbons (Fsp3) is 0.981. The SMILES string of the molecule is CCCCCCCCCCCCCCCCCCCCCCCCC(=O)NC(COC1OC(CO)C(OC2OC(CO)C(OC3OC(CO)C(O)C(O)C3O)C(O)C2O)C(O)C1O)C(O)CCCCCCCC. The number of rotatable bonds is 42. The number of unbranched alkanes of at least 4 members (excludes halogenated alkanes) is 26. The molecule has 3 aliphatic rings. The van der Waals surface area contributed by atoms with Crippen molar-refractivity contribution in [2.24, 2.45) is 0 Å². The van der Waals surface area contributed by atoms with E-state index in [1.54, 1.807) is 0 Å². The van der Waals surface area contributed by atoms with Gasteiger partial charge in [-0.3, -0.25) is 4.79 Å². The van der Waals surface area contributed by atoms with E-state index in [9.17, 15) is 61.0 Å². The maximum atomic E-state index is 13.2. The lowest BCUT2D eigenvalue weighted by Gasteiger charge is -2.48. The van der Waals surface area contributed by atoms with Crippen molar-refractivity contribution in [3.8, 4) is 0 Å². The van der Waals surface area contributed by atoms with E-state index in [0.717, 1.165) is 57.8 Å². The summed E-state index contributed by atoms with van der Waals surface area (Å²) in [6.07, 6.45) is 8.30. The fourth-order valence-electron chi connectivity index (χ4n) is 10.1. The van der Waals surface area contributed by atoms with E-state index in [1.807, 2.05) is 0 Å². The molecular formula is C54H103NO18. The number of ether oxygens (including phenoxy) is 6. The smallest absolute Gasteiger partial charge is 0.220 e. The first-order chi connectivity index (χ1) is 35.3. The van der Waals surface area contributed by atoms with Crippen molar-refractivity contribution >= 4 is 5.91 Å². The van der Waals surface area contributed by atoms with Gasteiger partial charge in [0, 0.05) is 6.42 Å². The summed E-state index contributed by atoms with van der Waals surface area (Å²) in [4.78, 5) is 13.2. The average Bonchev–Trinajstić information content (AvgIpc) is 3.39. The van der Waals surface area contributed by atoms with Crippen LogP contribution in [-0.2, 0) is 33.2 Å². The number of aliphatic hydroxyl groups excluding tert-OH is 11. The highest BCUT2D eigenvalue weighted by Gasteiger charge is 2.53. The Hall–Kier alpha value is -1.21. The predicted octanol–water partition coefficient (Wildman–Crippen LogP) is 4.04. The van der Waals surface area contributed by atoms with E-state index < -0.39 is 124 Å². The molecule has 0 aromatic carbocycles. The van der Waals surface area contributed by atoms with Crippen LogP contribution in [0, 0.1) is 0 Å². The van der Waals surface area contributed by atoms with Crippen LogP contribution < -0.4 is 5.32 Å². The standard InChI is InChI=1S/C54H103NO18/c1-3-5-7-9-11-12-13-14-15-16-17-18-19-20-21-22-23-24-25-26-28-30-32-42(60)55-37(38(59)31-29-27-10-8-6-4-2)36-68-52-48(66)45(63)50(40(34-57)70-52)73-54-49(67)46(64)51(41(35-58)71-54)72-53-47(65)44(62)43(61)39(33-56)69-53/h37-41,43-54,56-59,61-67H,3-36H2,1-2H3,(H,55,60). The number of carbonyl (C=O) groups is 1. The van der Waals surface area contributed by atoms with E-state index in [4.69, 9.17) is 28.4 Å². The van der Waals surface area contributed by atoms with Crippen molar-refractivity contribution < 1.29 is 89.4 Å². The monoisotopic (exact) mass is 1050 g/mol. The minimum Gasteiger partial charge on any atom is -0.394 e. The van der Waals surface area contributed by atoms with Crippen LogP contribution >= 0.6 is 0 Å². The summed E-state index contributed by atoms with van der Waals surface area (Å²) in [5, 5.41) is 120. The van der Waals surface area contributed by atoms with Crippen LogP contribution in [0.4, 0.5) is 0 Å². The Bertz CT molecular complexity index is 1350. The summed E-state index contributed by atoms with van der Waals surface area (Å²) in [5.74, 6) is -0.245. The zero-order valence-electron chi connectivity index (χ0n) is 44.6. The molecule has 0 radical (unpaired) electrons. The van der Waals surface area contributed by atoms with Crippen molar-refractivity contribution in [3.05, 3.63) is 0 Å². The van der Waals surface area contributed by atoms with Gasteiger partial charge in [0.2, 0.25) is 5.91 Å². The molecule has 0 bridgehead atoms. The maximum Gasteiger partial charge on any atom is 0.220 e. The Kier molecular flexibility index (Phi) is 35.5. The van der Waals surface area contributed by atoms with E-state index in [2.05, 4.69) is 19.2 Å². The first-order valence-electron chi connectivity index (χ1n) is 28.8. The zero-order valence-corrected chi connectivity index (χ0v) is 44.6. The van der Waals surface area contributed by atoms with Crippen LogP contribution in [0.5, 0.6) is 0 Å². The van der Waals surface area contributed by atoms with Crippen LogP contribution in [0.15, 0.2) is 0 Å². The van der Waals surface area contributed by atoms with Gasteiger partial charge in [0.1, 0.15) is 73.2 Å². The largest absolute Gasteiger partial charge is 0.394 e. The van der Waals surface area contributed by atoms with Crippen molar-refractivity contribution in [2.75, 3.05) is 26.4 Å². The molecule has 3 saturated heterocycles. The molecule has 0 saturated carbocycles. The van der Waals surface area contributed by atoms with E-state index in [1.165, 1.54) is 116 Å². The normalized spacial score (nSPS) is 31.7. The van der Waals surface area contributed by atoms with E-state index in [-0.39, 0.29) is 18.9 Å². The lowest BCUT2D eigenvalue weighted by Crippen LogP contribution is -2.66. The third-order valence-electron chi connectivity index (χ3n) is 14.9. The summed E-state index contributed by atoms with van der Waals surface area (Å²) < 4.78 is 34.1. The summed E-state index contributed by atoms with van der Waals surface area (Å²) >= 11 is 0. The van der Waals surface area contributed by atoms with Crippen molar-refractivity contribution in [1.82, 2.24) is 5.32 Å². The van der Waals surface area contributed by atoms with Gasteiger partial charge in [0.15, 0.2) is 18.9 Å². The Balaban J connectivity index is 1.41. The van der Waals surface area contributed by atoms with Gasteiger partial charge in [-0.05, 0) is 12.8 Å². The van der Waals surface area contributed by atoms with Gasteiger partial charge in [-0.2, -0.15) is 0 Å². The van der Waals surface area contributed by atoms with Gasteiger partial charge < -0.3 is 89.9 Å². The number of amides is 1. The minimum atomic E-state index is -1.97.